The largest absolute Gasteiger partial charge is 0.372 e. The van der Waals surface area contributed by atoms with Crippen LogP contribution in [0.3, 0.4) is 0 Å². The predicted molar refractivity (Wildman–Crippen MR) is 124 cm³/mol. The minimum atomic E-state index is -2.64. The van der Waals surface area contributed by atoms with E-state index in [1.54, 1.807) is 30.6 Å². The van der Waals surface area contributed by atoms with Crippen LogP contribution in [0.25, 0.3) is 23.0 Å². The first kappa shape index (κ1) is 22.1. The van der Waals surface area contributed by atoms with E-state index in [0.29, 0.717) is 39.2 Å². The van der Waals surface area contributed by atoms with Crippen LogP contribution in [0.2, 0.25) is 0 Å². The maximum absolute atomic E-state index is 14.0. The van der Waals surface area contributed by atoms with Gasteiger partial charge < -0.3 is 9.88 Å². The minimum Gasteiger partial charge on any atom is -0.372 e. The second kappa shape index (κ2) is 9.60. The number of amides is 1. The van der Waals surface area contributed by atoms with Crippen molar-refractivity contribution in [2.45, 2.75) is 39.5 Å². The number of carbonyl (C=O) groups excluding carboxylic acids is 1. The SMILES string of the molecule is CC/C=c1/[nH]c(-c2ccc(N3CCCC3)cc2C(F)F)n/c1=C(/C)C(=O)Nc1nccs1. The summed E-state index contributed by atoms with van der Waals surface area (Å²) in [7, 11) is 0. The summed E-state index contributed by atoms with van der Waals surface area (Å²) in [5, 5.41) is 6.09. The monoisotopic (exact) mass is 457 g/mol. The van der Waals surface area contributed by atoms with Gasteiger partial charge in [0.1, 0.15) is 5.82 Å². The molecule has 4 rings (SSSR count). The zero-order chi connectivity index (χ0) is 22.7. The van der Waals surface area contributed by atoms with Crippen molar-refractivity contribution in [1.82, 2.24) is 15.0 Å². The molecule has 0 spiro atoms. The van der Waals surface area contributed by atoms with E-state index in [2.05, 4.69) is 25.2 Å². The lowest BCUT2D eigenvalue weighted by molar-refractivity contribution is -0.111. The van der Waals surface area contributed by atoms with Crippen LogP contribution < -0.4 is 20.9 Å². The van der Waals surface area contributed by atoms with Gasteiger partial charge in [-0.05, 0) is 44.4 Å². The highest BCUT2D eigenvalue weighted by molar-refractivity contribution is 7.13. The van der Waals surface area contributed by atoms with Crippen LogP contribution in [-0.4, -0.2) is 33.9 Å². The second-order valence-electron chi connectivity index (χ2n) is 7.64. The lowest BCUT2D eigenvalue weighted by Crippen LogP contribution is -2.30. The van der Waals surface area contributed by atoms with Crippen LogP contribution in [0, 0.1) is 0 Å². The number of hydrogen-bond acceptors (Lipinski definition) is 5. The van der Waals surface area contributed by atoms with Crippen LogP contribution >= 0.6 is 11.3 Å². The number of anilines is 2. The summed E-state index contributed by atoms with van der Waals surface area (Å²) in [6.07, 6.45) is 3.70. The number of aromatic amines is 1. The predicted octanol–water partition coefficient (Wildman–Crippen LogP) is 4.07. The fraction of sp³-hybridized carbons (Fsp3) is 0.348. The third kappa shape index (κ3) is 4.57. The molecule has 9 heteroatoms. The Balaban J connectivity index is 1.78. The zero-order valence-corrected chi connectivity index (χ0v) is 18.8. The Bertz CT molecular complexity index is 1210. The molecule has 1 aliphatic heterocycles. The number of rotatable bonds is 6. The maximum atomic E-state index is 14.0. The van der Waals surface area contributed by atoms with E-state index in [4.69, 9.17) is 0 Å². The van der Waals surface area contributed by atoms with Gasteiger partial charge in [0.05, 0.1) is 10.7 Å². The summed E-state index contributed by atoms with van der Waals surface area (Å²) in [5.41, 5.74) is 1.46. The Labute approximate surface area is 188 Å². The van der Waals surface area contributed by atoms with Gasteiger partial charge in [-0.25, -0.2) is 18.7 Å². The van der Waals surface area contributed by atoms with Crippen molar-refractivity contribution in [3.8, 4) is 11.4 Å². The average Bonchev–Trinajstić information content (AvgIpc) is 3.55. The number of carbonyl (C=O) groups is 1. The number of imidazole rings is 1. The molecule has 2 aromatic heterocycles. The quantitative estimate of drug-likeness (QED) is 0.585. The summed E-state index contributed by atoms with van der Waals surface area (Å²) in [5.74, 6) is -0.00779. The van der Waals surface area contributed by atoms with Crippen molar-refractivity contribution in [2.24, 2.45) is 0 Å². The topological polar surface area (TPSA) is 73.9 Å². The molecule has 3 aromatic rings. The molecule has 0 aliphatic carbocycles. The third-order valence-electron chi connectivity index (χ3n) is 5.49. The van der Waals surface area contributed by atoms with Crippen molar-refractivity contribution >= 4 is 39.7 Å². The van der Waals surface area contributed by atoms with Gasteiger partial charge in [-0.15, -0.1) is 11.3 Å². The fourth-order valence-electron chi connectivity index (χ4n) is 3.85. The summed E-state index contributed by atoms with van der Waals surface area (Å²) in [6, 6.07) is 5.12. The summed E-state index contributed by atoms with van der Waals surface area (Å²) in [4.78, 5) is 26.6. The molecule has 168 valence electrons. The van der Waals surface area contributed by atoms with Crippen molar-refractivity contribution < 1.29 is 13.6 Å². The van der Waals surface area contributed by atoms with Gasteiger partial charge in [0, 0.05) is 47.1 Å². The van der Waals surface area contributed by atoms with Gasteiger partial charge >= 0.3 is 0 Å². The molecule has 0 bridgehead atoms. The van der Waals surface area contributed by atoms with Crippen LogP contribution in [0.5, 0.6) is 0 Å². The Morgan fingerprint density at radius 1 is 1.34 bits per heavy atom. The highest BCUT2D eigenvalue weighted by Gasteiger charge is 2.21. The molecule has 1 aromatic carbocycles. The van der Waals surface area contributed by atoms with E-state index >= 15 is 0 Å². The Morgan fingerprint density at radius 2 is 2.12 bits per heavy atom. The molecule has 1 saturated heterocycles. The number of hydrogen-bond donors (Lipinski definition) is 2. The smallest absolute Gasteiger partial charge is 0.264 e. The van der Waals surface area contributed by atoms with Gasteiger partial charge in [0.15, 0.2) is 5.13 Å². The fourth-order valence-corrected chi connectivity index (χ4v) is 4.38. The van der Waals surface area contributed by atoms with E-state index in [1.165, 1.54) is 11.3 Å². The van der Waals surface area contributed by atoms with E-state index in [-0.39, 0.29) is 11.5 Å². The maximum Gasteiger partial charge on any atom is 0.264 e. The molecule has 0 radical (unpaired) electrons. The number of halogens is 2. The minimum absolute atomic E-state index is 0.0670. The molecule has 3 heterocycles. The number of aromatic nitrogens is 3. The molecule has 2 N–H and O–H groups in total. The molecule has 0 unspecified atom stereocenters. The number of nitrogens with zero attached hydrogens (tertiary/aromatic N) is 3. The van der Waals surface area contributed by atoms with Gasteiger partial charge in [-0.2, -0.15) is 0 Å². The van der Waals surface area contributed by atoms with Crippen LogP contribution in [0.15, 0.2) is 29.8 Å². The van der Waals surface area contributed by atoms with Crippen LogP contribution in [0.4, 0.5) is 19.6 Å². The van der Waals surface area contributed by atoms with Crippen LogP contribution in [0.1, 0.15) is 45.1 Å². The normalized spacial score (nSPS) is 15.5. The second-order valence-corrected chi connectivity index (χ2v) is 8.54. The summed E-state index contributed by atoms with van der Waals surface area (Å²) in [6.45, 7) is 5.39. The van der Waals surface area contributed by atoms with Gasteiger partial charge in [-0.1, -0.05) is 13.0 Å². The molecular formula is C23H25F2N5OS. The van der Waals surface area contributed by atoms with Crippen molar-refractivity contribution in [1.29, 1.82) is 0 Å². The Hall–Kier alpha value is -3.07. The molecule has 1 fully saturated rings. The Kier molecular flexibility index (Phi) is 6.64. The molecule has 0 saturated carbocycles. The van der Waals surface area contributed by atoms with Crippen molar-refractivity contribution in [3.63, 3.8) is 0 Å². The highest BCUT2D eigenvalue weighted by atomic mass is 32.1. The zero-order valence-electron chi connectivity index (χ0n) is 18.0. The molecule has 1 amide bonds. The van der Waals surface area contributed by atoms with Gasteiger partial charge in [-0.3, -0.25) is 10.1 Å². The van der Waals surface area contributed by atoms with E-state index in [1.807, 2.05) is 19.1 Å². The lowest BCUT2D eigenvalue weighted by atomic mass is 10.1. The number of thiazole rings is 1. The number of nitrogens with one attached hydrogen (secondary N) is 2. The van der Waals surface area contributed by atoms with Gasteiger partial charge in [0.2, 0.25) is 0 Å². The molecule has 6 nitrogen and oxygen atoms in total. The van der Waals surface area contributed by atoms with Gasteiger partial charge in [0.25, 0.3) is 12.3 Å². The number of H-pyrrole nitrogens is 1. The first-order chi connectivity index (χ1) is 15.5. The molecular weight excluding hydrogens is 432 g/mol. The number of benzene rings is 1. The molecule has 0 atom stereocenters. The van der Waals surface area contributed by atoms with Crippen molar-refractivity contribution in [2.75, 3.05) is 23.3 Å². The van der Waals surface area contributed by atoms with Crippen molar-refractivity contribution in [3.05, 3.63) is 46.0 Å². The lowest BCUT2D eigenvalue weighted by Gasteiger charge is -2.19. The summed E-state index contributed by atoms with van der Waals surface area (Å²) < 4.78 is 28.0. The highest BCUT2D eigenvalue weighted by Crippen LogP contribution is 2.33. The molecule has 1 aliphatic rings. The average molecular weight is 458 g/mol. The molecule has 32 heavy (non-hydrogen) atoms. The summed E-state index contributed by atoms with van der Waals surface area (Å²) >= 11 is 1.32. The third-order valence-corrected chi connectivity index (χ3v) is 6.17. The van der Waals surface area contributed by atoms with E-state index in [0.717, 1.165) is 31.6 Å². The van der Waals surface area contributed by atoms with E-state index < -0.39 is 6.43 Å². The first-order valence-electron chi connectivity index (χ1n) is 10.6. The first-order valence-corrected chi connectivity index (χ1v) is 11.5. The number of alkyl halides is 2. The Morgan fingerprint density at radius 3 is 2.78 bits per heavy atom. The van der Waals surface area contributed by atoms with Crippen LogP contribution in [-0.2, 0) is 4.79 Å². The van der Waals surface area contributed by atoms with E-state index in [9.17, 15) is 13.6 Å². The standard InChI is InChI=1S/C23H25F2N5OS/c1-3-6-18-19(14(2)22(31)29-23-26-9-12-32-23)28-21(27-18)16-8-7-15(13-17(16)20(24)25)30-10-4-5-11-30/h6-9,12-13,20H,3-5,10-11H2,1-2H3,(H,27,28)(H,26,29,31)/b18-6+,19-14-.